The summed E-state index contributed by atoms with van der Waals surface area (Å²) < 4.78 is 1.71. The molecule has 2 aliphatic rings. The molecule has 0 atom stereocenters. The van der Waals surface area contributed by atoms with Crippen molar-refractivity contribution in [1.29, 1.82) is 5.26 Å². The van der Waals surface area contributed by atoms with Crippen molar-refractivity contribution in [2.24, 2.45) is 0 Å². The van der Waals surface area contributed by atoms with Gasteiger partial charge in [-0.2, -0.15) is 15.3 Å². The lowest BCUT2D eigenvalue weighted by Crippen LogP contribution is -2.44. The summed E-state index contributed by atoms with van der Waals surface area (Å²) in [5.41, 5.74) is 2.25. The average molecular weight is 470 g/mol. The molecule has 0 radical (unpaired) electrons. The number of aromatic amines is 1. The Morgan fingerprint density at radius 2 is 1.94 bits per heavy atom. The second-order valence-electron chi connectivity index (χ2n) is 9.48. The molecule has 3 aromatic heterocycles. The van der Waals surface area contributed by atoms with Gasteiger partial charge >= 0.3 is 0 Å². The Morgan fingerprint density at radius 3 is 2.71 bits per heavy atom. The Labute approximate surface area is 202 Å². The van der Waals surface area contributed by atoms with Crippen molar-refractivity contribution in [2.45, 2.75) is 31.7 Å². The van der Waals surface area contributed by atoms with Gasteiger partial charge in [0.25, 0.3) is 5.56 Å². The number of fused-ring (bicyclic) bond motifs is 2. The first-order chi connectivity index (χ1) is 17.1. The molecular formula is C25H27N9O. The first-order valence-corrected chi connectivity index (χ1v) is 12.1. The predicted octanol–water partition coefficient (Wildman–Crippen LogP) is 3.15. The van der Waals surface area contributed by atoms with Crippen LogP contribution in [0.2, 0.25) is 0 Å². The van der Waals surface area contributed by atoms with Crippen LogP contribution in [0, 0.1) is 11.3 Å². The third-order valence-corrected chi connectivity index (χ3v) is 7.19. The van der Waals surface area contributed by atoms with Crippen molar-refractivity contribution in [3.63, 3.8) is 0 Å². The van der Waals surface area contributed by atoms with Crippen molar-refractivity contribution >= 4 is 39.4 Å². The summed E-state index contributed by atoms with van der Waals surface area (Å²) in [5.74, 6) is 1.37. The van der Waals surface area contributed by atoms with Crippen LogP contribution in [0.3, 0.4) is 0 Å². The van der Waals surface area contributed by atoms with Gasteiger partial charge in [0.1, 0.15) is 17.3 Å². The molecule has 6 rings (SSSR count). The number of aromatic nitrogens is 5. The normalized spacial score (nSPS) is 17.3. The van der Waals surface area contributed by atoms with Crippen LogP contribution in [-0.2, 0) is 0 Å². The lowest BCUT2D eigenvalue weighted by molar-refractivity contribution is 0.312. The fourth-order valence-corrected chi connectivity index (χ4v) is 5.23. The van der Waals surface area contributed by atoms with Crippen molar-refractivity contribution in [3.05, 3.63) is 46.4 Å². The van der Waals surface area contributed by atoms with E-state index in [0.29, 0.717) is 17.0 Å². The zero-order valence-corrected chi connectivity index (χ0v) is 19.7. The molecule has 1 saturated heterocycles. The van der Waals surface area contributed by atoms with Gasteiger partial charge in [0, 0.05) is 54.9 Å². The number of rotatable bonds is 4. The van der Waals surface area contributed by atoms with E-state index >= 15 is 0 Å². The molecule has 1 aromatic carbocycles. The van der Waals surface area contributed by atoms with Crippen LogP contribution >= 0.6 is 0 Å². The molecule has 35 heavy (non-hydrogen) atoms. The number of benzene rings is 1. The van der Waals surface area contributed by atoms with Gasteiger partial charge < -0.3 is 15.1 Å². The van der Waals surface area contributed by atoms with Gasteiger partial charge in [-0.1, -0.05) is 12.8 Å². The number of anilines is 3. The first kappa shape index (κ1) is 21.6. The number of nitrogens with zero attached hydrogens (tertiary/aromatic N) is 7. The average Bonchev–Trinajstić information content (AvgIpc) is 3.54. The number of hydrogen-bond acceptors (Lipinski definition) is 8. The Bertz CT molecular complexity index is 1500. The van der Waals surface area contributed by atoms with Gasteiger partial charge in [0.2, 0.25) is 5.95 Å². The van der Waals surface area contributed by atoms with E-state index in [4.69, 9.17) is 4.98 Å². The zero-order chi connectivity index (χ0) is 23.9. The molecular weight excluding hydrogens is 442 g/mol. The summed E-state index contributed by atoms with van der Waals surface area (Å²) in [6.07, 6.45) is 5.67. The number of pyridine rings is 1. The highest BCUT2D eigenvalue weighted by Gasteiger charge is 2.23. The highest BCUT2D eigenvalue weighted by molar-refractivity contribution is 5.93. The fraction of sp³-hybridized carbons (Fsp3) is 0.400. The molecule has 0 bridgehead atoms. The highest BCUT2D eigenvalue weighted by atomic mass is 16.1. The fourth-order valence-electron chi connectivity index (χ4n) is 5.23. The summed E-state index contributed by atoms with van der Waals surface area (Å²) in [4.78, 5) is 26.9. The Hall–Kier alpha value is -3.97. The quantitative estimate of drug-likeness (QED) is 0.468. The molecule has 10 nitrogen and oxygen atoms in total. The van der Waals surface area contributed by atoms with Gasteiger partial charge in [0.05, 0.1) is 5.52 Å². The number of hydrogen-bond donors (Lipinski definition) is 2. The second kappa shape index (κ2) is 8.67. The molecule has 4 heterocycles. The van der Waals surface area contributed by atoms with Gasteiger partial charge in [-0.3, -0.25) is 14.5 Å². The van der Waals surface area contributed by atoms with Crippen molar-refractivity contribution in [3.8, 4) is 6.07 Å². The van der Waals surface area contributed by atoms with Crippen LogP contribution in [0.1, 0.15) is 37.3 Å². The van der Waals surface area contributed by atoms with E-state index in [1.807, 2.05) is 18.2 Å². The highest BCUT2D eigenvalue weighted by Crippen LogP contribution is 2.31. The van der Waals surface area contributed by atoms with Gasteiger partial charge in [-0.05, 0) is 44.2 Å². The number of nitriles is 1. The lowest BCUT2D eigenvalue weighted by Gasteiger charge is -2.32. The van der Waals surface area contributed by atoms with Crippen molar-refractivity contribution in [2.75, 3.05) is 43.4 Å². The maximum atomic E-state index is 13.0. The van der Waals surface area contributed by atoms with Gasteiger partial charge in [-0.25, -0.2) is 4.98 Å². The predicted molar refractivity (Wildman–Crippen MR) is 135 cm³/mol. The number of nitrogens with one attached hydrogen (secondary N) is 2. The minimum atomic E-state index is -0.270. The Balaban J connectivity index is 1.36. The van der Waals surface area contributed by atoms with E-state index in [1.54, 1.807) is 16.8 Å². The van der Waals surface area contributed by atoms with Crippen molar-refractivity contribution in [1.82, 2.24) is 29.6 Å². The van der Waals surface area contributed by atoms with Gasteiger partial charge in [0.15, 0.2) is 5.82 Å². The molecule has 0 amide bonds. The molecule has 1 aliphatic heterocycles. The summed E-state index contributed by atoms with van der Waals surface area (Å²) in [6.45, 7) is 3.89. The second-order valence-corrected chi connectivity index (χ2v) is 9.48. The van der Waals surface area contributed by atoms with E-state index in [-0.39, 0.29) is 17.2 Å². The standard InChI is InChI=1S/C25H27N9O/c1-32-8-10-33(11-9-32)23-20-13-18(6-7-21(20)30-31-23)28-25-27-15-17-12-16(14-26)24(35)34(22(17)29-25)19-4-2-3-5-19/h6-7,12-13,15,19H,2-5,8-11H2,1H3,(H,30,31)(H,27,28,29). The lowest BCUT2D eigenvalue weighted by atomic mass is 10.2. The first-order valence-electron chi connectivity index (χ1n) is 12.1. The van der Waals surface area contributed by atoms with E-state index in [2.05, 4.69) is 43.4 Å². The number of likely N-dealkylation sites (N-methyl/N-ethyl adjacent to an activating group) is 1. The zero-order valence-electron chi connectivity index (χ0n) is 19.7. The van der Waals surface area contributed by atoms with Crippen LogP contribution in [0.15, 0.2) is 35.3 Å². The minimum Gasteiger partial charge on any atom is -0.352 e. The van der Waals surface area contributed by atoms with E-state index in [9.17, 15) is 10.1 Å². The summed E-state index contributed by atoms with van der Waals surface area (Å²) >= 11 is 0. The Morgan fingerprint density at radius 1 is 1.14 bits per heavy atom. The van der Waals surface area contributed by atoms with E-state index in [0.717, 1.165) is 74.3 Å². The smallest absolute Gasteiger partial charge is 0.270 e. The molecule has 0 unspecified atom stereocenters. The molecule has 0 spiro atoms. The molecule has 2 fully saturated rings. The third kappa shape index (κ3) is 3.88. The summed E-state index contributed by atoms with van der Waals surface area (Å²) in [6, 6.07) is 9.71. The van der Waals surface area contributed by atoms with Crippen LogP contribution < -0.4 is 15.8 Å². The van der Waals surface area contributed by atoms with E-state index < -0.39 is 0 Å². The molecule has 10 heteroatoms. The molecule has 178 valence electrons. The molecule has 1 aliphatic carbocycles. The van der Waals surface area contributed by atoms with Crippen LogP contribution in [0.25, 0.3) is 21.9 Å². The largest absolute Gasteiger partial charge is 0.352 e. The maximum Gasteiger partial charge on any atom is 0.270 e. The number of H-pyrrole nitrogens is 1. The Kier molecular flexibility index (Phi) is 5.34. The maximum absolute atomic E-state index is 13.0. The van der Waals surface area contributed by atoms with Gasteiger partial charge in [-0.15, -0.1) is 0 Å². The molecule has 1 saturated carbocycles. The summed E-state index contributed by atoms with van der Waals surface area (Å²) in [5, 5.41) is 22.2. The minimum absolute atomic E-state index is 0.0643. The monoisotopic (exact) mass is 469 g/mol. The van der Waals surface area contributed by atoms with E-state index in [1.165, 1.54) is 0 Å². The van der Waals surface area contributed by atoms with Crippen molar-refractivity contribution < 1.29 is 0 Å². The topological polar surface area (TPSA) is 119 Å². The van der Waals surface area contributed by atoms with Crippen LogP contribution in [0.4, 0.5) is 17.5 Å². The molecule has 2 N–H and O–H groups in total. The summed E-state index contributed by atoms with van der Waals surface area (Å²) in [7, 11) is 2.14. The van der Waals surface area contributed by atoms with Crippen LogP contribution in [0.5, 0.6) is 0 Å². The van der Waals surface area contributed by atoms with Crippen LogP contribution in [-0.4, -0.2) is 62.9 Å². The third-order valence-electron chi connectivity index (χ3n) is 7.19. The molecule has 4 aromatic rings. The SMILES string of the molecule is CN1CCN(c2n[nH]c3ccc(Nc4ncc5cc(C#N)c(=O)n(C6CCCC6)c5n4)cc23)CC1. The number of piperazine rings is 1.